The van der Waals surface area contributed by atoms with E-state index in [2.05, 4.69) is 20.4 Å². The molecule has 2 aromatic rings. The SMILES string of the molecule is CCn1cnnc1SCC(=O)Nc1ccc(N2CCOCC2)cc1. The molecule has 0 atom stereocenters. The highest BCUT2D eigenvalue weighted by molar-refractivity contribution is 7.99. The molecule has 8 heteroatoms. The number of carbonyl (C=O) groups excluding carboxylic acids is 1. The molecule has 0 radical (unpaired) electrons. The minimum atomic E-state index is -0.0511. The Morgan fingerprint density at radius 2 is 2.04 bits per heavy atom. The van der Waals surface area contributed by atoms with Gasteiger partial charge in [0.1, 0.15) is 6.33 Å². The maximum Gasteiger partial charge on any atom is 0.234 e. The number of anilines is 2. The van der Waals surface area contributed by atoms with Crippen molar-refractivity contribution in [3.63, 3.8) is 0 Å². The van der Waals surface area contributed by atoms with E-state index < -0.39 is 0 Å². The summed E-state index contributed by atoms with van der Waals surface area (Å²) < 4.78 is 7.27. The molecule has 2 heterocycles. The quantitative estimate of drug-likeness (QED) is 0.804. The van der Waals surface area contributed by atoms with Crippen LogP contribution in [0.15, 0.2) is 35.7 Å². The van der Waals surface area contributed by atoms with Crippen molar-refractivity contribution >= 4 is 29.0 Å². The summed E-state index contributed by atoms with van der Waals surface area (Å²) >= 11 is 1.39. The third-order valence-corrected chi connectivity index (χ3v) is 4.76. The van der Waals surface area contributed by atoms with Gasteiger partial charge in [0.05, 0.1) is 19.0 Å². The van der Waals surface area contributed by atoms with Gasteiger partial charge in [0.2, 0.25) is 5.91 Å². The summed E-state index contributed by atoms with van der Waals surface area (Å²) in [7, 11) is 0. The van der Waals surface area contributed by atoms with Gasteiger partial charge in [0.25, 0.3) is 0 Å². The van der Waals surface area contributed by atoms with E-state index in [0.29, 0.717) is 5.75 Å². The van der Waals surface area contributed by atoms with E-state index in [0.717, 1.165) is 49.4 Å². The molecule has 24 heavy (non-hydrogen) atoms. The third kappa shape index (κ3) is 4.27. The molecule has 0 bridgehead atoms. The van der Waals surface area contributed by atoms with Crippen molar-refractivity contribution in [2.45, 2.75) is 18.6 Å². The number of hydrogen-bond donors (Lipinski definition) is 1. The molecule has 128 valence electrons. The number of ether oxygens (including phenoxy) is 1. The van der Waals surface area contributed by atoms with E-state index >= 15 is 0 Å². The van der Waals surface area contributed by atoms with Crippen LogP contribution < -0.4 is 10.2 Å². The van der Waals surface area contributed by atoms with Gasteiger partial charge in [-0.3, -0.25) is 4.79 Å². The predicted molar refractivity (Wildman–Crippen MR) is 94.5 cm³/mol. The molecule has 0 unspecified atom stereocenters. The van der Waals surface area contributed by atoms with E-state index in [1.165, 1.54) is 11.8 Å². The van der Waals surface area contributed by atoms with Crippen LogP contribution >= 0.6 is 11.8 Å². The van der Waals surface area contributed by atoms with Crippen LogP contribution in [0.25, 0.3) is 0 Å². The van der Waals surface area contributed by atoms with Crippen LogP contribution in [0.5, 0.6) is 0 Å². The highest BCUT2D eigenvalue weighted by atomic mass is 32.2. The van der Waals surface area contributed by atoms with Crippen molar-refractivity contribution in [3.05, 3.63) is 30.6 Å². The molecule has 1 aliphatic rings. The average molecular weight is 347 g/mol. The molecule has 0 saturated carbocycles. The summed E-state index contributed by atoms with van der Waals surface area (Å²) in [5.74, 6) is 0.258. The van der Waals surface area contributed by atoms with Crippen LogP contribution in [-0.2, 0) is 16.1 Å². The topological polar surface area (TPSA) is 72.3 Å². The zero-order chi connectivity index (χ0) is 16.8. The molecule has 3 rings (SSSR count). The lowest BCUT2D eigenvalue weighted by molar-refractivity contribution is -0.113. The van der Waals surface area contributed by atoms with Crippen molar-refractivity contribution in [3.8, 4) is 0 Å². The van der Waals surface area contributed by atoms with Gasteiger partial charge in [0, 0.05) is 31.0 Å². The number of hydrogen-bond acceptors (Lipinski definition) is 6. The van der Waals surface area contributed by atoms with E-state index in [4.69, 9.17) is 4.74 Å². The molecule has 1 saturated heterocycles. The van der Waals surface area contributed by atoms with Crippen LogP contribution in [0.2, 0.25) is 0 Å². The molecule has 0 aliphatic carbocycles. The maximum atomic E-state index is 12.1. The molecule has 1 N–H and O–H groups in total. The van der Waals surface area contributed by atoms with Crippen molar-refractivity contribution in [2.75, 3.05) is 42.3 Å². The number of morpholine rings is 1. The van der Waals surface area contributed by atoms with Crippen molar-refractivity contribution in [2.24, 2.45) is 0 Å². The highest BCUT2D eigenvalue weighted by Crippen LogP contribution is 2.20. The number of rotatable bonds is 6. The molecule has 1 amide bonds. The zero-order valence-electron chi connectivity index (χ0n) is 13.6. The smallest absolute Gasteiger partial charge is 0.234 e. The van der Waals surface area contributed by atoms with Gasteiger partial charge >= 0.3 is 0 Å². The Hall–Kier alpha value is -2.06. The van der Waals surface area contributed by atoms with E-state index in [1.807, 2.05) is 35.8 Å². The lowest BCUT2D eigenvalue weighted by Crippen LogP contribution is -2.36. The lowest BCUT2D eigenvalue weighted by Gasteiger charge is -2.28. The van der Waals surface area contributed by atoms with Gasteiger partial charge < -0.3 is 19.5 Å². The van der Waals surface area contributed by atoms with Crippen LogP contribution in [0.1, 0.15) is 6.92 Å². The summed E-state index contributed by atoms with van der Waals surface area (Å²) in [5.41, 5.74) is 1.95. The largest absolute Gasteiger partial charge is 0.378 e. The highest BCUT2D eigenvalue weighted by Gasteiger charge is 2.12. The van der Waals surface area contributed by atoms with Gasteiger partial charge in [0.15, 0.2) is 5.16 Å². The second kappa shape index (κ2) is 8.16. The van der Waals surface area contributed by atoms with Gasteiger partial charge in [-0.1, -0.05) is 11.8 Å². The third-order valence-electron chi connectivity index (χ3n) is 3.78. The standard InChI is InChI=1S/C16H21N5O2S/c1-2-20-12-17-19-16(20)24-11-15(22)18-13-3-5-14(6-4-13)21-7-9-23-10-8-21/h3-6,12H,2,7-11H2,1H3,(H,18,22). The van der Waals surface area contributed by atoms with Crippen molar-refractivity contribution < 1.29 is 9.53 Å². The first-order valence-electron chi connectivity index (χ1n) is 7.99. The number of thioether (sulfide) groups is 1. The van der Waals surface area contributed by atoms with Gasteiger partial charge in [-0.05, 0) is 31.2 Å². The van der Waals surface area contributed by atoms with Gasteiger partial charge in [-0.25, -0.2) is 0 Å². The molecule has 1 aromatic heterocycles. The summed E-state index contributed by atoms with van der Waals surface area (Å²) in [6.07, 6.45) is 1.67. The second-order valence-corrected chi connectivity index (χ2v) is 6.33. The van der Waals surface area contributed by atoms with Crippen LogP contribution in [0.3, 0.4) is 0 Å². The number of nitrogens with one attached hydrogen (secondary N) is 1. The number of nitrogens with zero attached hydrogens (tertiary/aromatic N) is 4. The number of aryl methyl sites for hydroxylation is 1. The Kier molecular flexibility index (Phi) is 5.71. The fraction of sp³-hybridized carbons (Fsp3) is 0.438. The molecular weight excluding hydrogens is 326 g/mol. The van der Waals surface area contributed by atoms with E-state index in [9.17, 15) is 4.79 Å². The molecule has 1 aliphatic heterocycles. The number of amides is 1. The fourth-order valence-corrected chi connectivity index (χ4v) is 3.26. The molecule has 0 spiro atoms. The van der Waals surface area contributed by atoms with Gasteiger partial charge in [-0.2, -0.15) is 0 Å². The monoisotopic (exact) mass is 347 g/mol. The van der Waals surface area contributed by atoms with Crippen LogP contribution in [0.4, 0.5) is 11.4 Å². The van der Waals surface area contributed by atoms with Crippen LogP contribution in [-0.4, -0.2) is 52.7 Å². The first-order chi connectivity index (χ1) is 11.8. The second-order valence-electron chi connectivity index (χ2n) is 5.38. The summed E-state index contributed by atoms with van der Waals surface area (Å²) in [4.78, 5) is 14.4. The normalized spacial score (nSPS) is 14.6. The Morgan fingerprint density at radius 1 is 1.29 bits per heavy atom. The number of benzene rings is 1. The molecule has 1 fully saturated rings. The minimum Gasteiger partial charge on any atom is -0.378 e. The van der Waals surface area contributed by atoms with E-state index in [1.54, 1.807) is 6.33 Å². The Bertz CT molecular complexity index is 667. The summed E-state index contributed by atoms with van der Waals surface area (Å²) in [6.45, 7) is 6.14. The Balaban J connectivity index is 1.51. The summed E-state index contributed by atoms with van der Waals surface area (Å²) in [5, 5.41) is 11.5. The molecule has 7 nitrogen and oxygen atoms in total. The first-order valence-corrected chi connectivity index (χ1v) is 8.98. The fourth-order valence-electron chi connectivity index (χ4n) is 2.48. The predicted octanol–water partition coefficient (Wildman–Crippen LogP) is 1.87. The van der Waals surface area contributed by atoms with Gasteiger partial charge in [-0.15, -0.1) is 10.2 Å². The Morgan fingerprint density at radius 3 is 2.75 bits per heavy atom. The number of carbonyl (C=O) groups is 1. The molecular formula is C16H21N5O2S. The van der Waals surface area contributed by atoms with Crippen molar-refractivity contribution in [1.29, 1.82) is 0 Å². The maximum absolute atomic E-state index is 12.1. The lowest BCUT2D eigenvalue weighted by atomic mass is 10.2. The average Bonchev–Trinajstić information content (AvgIpc) is 3.09. The van der Waals surface area contributed by atoms with Crippen LogP contribution in [0, 0.1) is 0 Å². The first kappa shape index (κ1) is 16.8. The number of aromatic nitrogens is 3. The Labute approximate surface area is 145 Å². The molecule has 1 aromatic carbocycles. The summed E-state index contributed by atoms with van der Waals surface area (Å²) in [6, 6.07) is 7.92. The van der Waals surface area contributed by atoms with E-state index in [-0.39, 0.29) is 5.91 Å². The zero-order valence-corrected chi connectivity index (χ0v) is 14.5. The van der Waals surface area contributed by atoms with Crippen molar-refractivity contribution in [1.82, 2.24) is 14.8 Å². The minimum absolute atomic E-state index is 0.0511.